The first-order valence-electron chi connectivity index (χ1n) is 13.0. The number of ether oxygens (including phenoxy) is 1. The van der Waals surface area contributed by atoms with Crippen molar-refractivity contribution in [3.8, 4) is 11.4 Å². The molecule has 0 atom stereocenters. The van der Waals surface area contributed by atoms with Gasteiger partial charge in [0.25, 0.3) is 0 Å². The molecule has 0 bridgehead atoms. The molecule has 2 heterocycles. The number of para-hydroxylation sites is 1. The van der Waals surface area contributed by atoms with Gasteiger partial charge >= 0.3 is 0 Å². The molecule has 1 aromatic heterocycles. The number of methoxy groups -OCH3 is 1. The Bertz CT molecular complexity index is 1650. The fourth-order valence-corrected chi connectivity index (χ4v) is 5.35. The van der Waals surface area contributed by atoms with E-state index >= 15 is 0 Å². The fraction of sp³-hybridized carbons (Fsp3) is 0.194. The highest BCUT2D eigenvalue weighted by atomic mass is 35.5. The van der Waals surface area contributed by atoms with E-state index in [0.29, 0.717) is 5.39 Å². The van der Waals surface area contributed by atoms with Gasteiger partial charge in [0.15, 0.2) is 4.64 Å². The Hall–Kier alpha value is -3.98. The van der Waals surface area contributed by atoms with Gasteiger partial charge in [0.2, 0.25) is 10.3 Å². The minimum Gasteiger partial charge on any atom is -0.495 e. The lowest BCUT2D eigenvalue weighted by Crippen LogP contribution is -2.46. The number of H-pyrrole nitrogens is 1. The number of piperazine rings is 1. The number of anilines is 1. The van der Waals surface area contributed by atoms with Gasteiger partial charge in [-0.25, -0.2) is 0 Å². The molecule has 7 nitrogen and oxygen atoms in total. The van der Waals surface area contributed by atoms with Crippen molar-refractivity contribution in [2.45, 2.75) is 6.54 Å². The van der Waals surface area contributed by atoms with E-state index in [0.717, 1.165) is 55.4 Å². The average Bonchev–Trinajstić information content (AvgIpc) is 3.38. The summed E-state index contributed by atoms with van der Waals surface area (Å²) < 4.78 is 31.7. The third kappa shape index (κ3) is 6.77. The monoisotopic (exact) mass is 576 g/mol. The molecule has 208 valence electrons. The van der Waals surface area contributed by atoms with Crippen LogP contribution in [0.4, 0.5) is 5.69 Å². The fourth-order valence-electron chi connectivity index (χ4n) is 4.84. The topological polar surface area (TPSA) is 70.6 Å². The van der Waals surface area contributed by atoms with E-state index in [4.69, 9.17) is 4.74 Å². The van der Waals surface area contributed by atoms with Crippen LogP contribution in [-0.2, 0) is 16.8 Å². The van der Waals surface area contributed by atoms with Gasteiger partial charge in [0.1, 0.15) is 5.75 Å². The van der Waals surface area contributed by atoms with Crippen LogP contribution in [0.5, 0.6) is 5.75 Å². The third-order valence-electron chi connectivity index (χ3n) is 6.81. The Morgan fingerprint density at radius 2 is 1.32 bits per heavy atom. The summed E-state index contributed by atoms with van der Waals surface area (Å²) in [6.07, 6.45) is 0. The molecule has 0 amide bonds. The predicted octanol–water partition coefficient (Wildman–Crippen LogP) is 5.81. The smallest absolute Gasteiger partial charge is 0.240 e. The highest BCUT2D eigenvalue weighted by Crippen LogP contribution is 2.35. The Labute approximate surface area is 242 Å². The highest BCUT2D eigenvalue weighted by Gasteiger charge is 2.22. The number of hydrogen-bond acceptors (Lipinski definition) is 5. The summed E-state index contributed by atoms with van der Waals surface area (Å²) in [5, 5.41) is 3.69. The van der Waals surface area contributed by atoms with Gasteiger partial charge in [-0.15, -0.1) is 12.4 Å². The number of hydrogen-bond donors (Lipinski definition) is 1. The zero-order valence-corrected chi connectivity index (χ0v) is 23.9. The number of fused-ring (bicyclic) bond motifs is 1. The molecule has 1 N–H and O–H groups in total. The molecule has 0 spiro atoms. The molecular weight excluding hydrogens is 544 g/mol. The van der Waals surface area contributed by atoms with Crippen LogP contribution in [-0.4, -0.2) is 56.4 Å². The van der Waals surface area contributed by atoms with Gasteiger partial charge in [0, 0.05) is 44.2 Å². The lowest BCUT2D eigenvalue weighted by atomic mass is 10.1. The van der Waals surface area contributed by atoms with Crippen LogP contribution in [0.25, 0.3) is 16.6 Å². The lowest BCUT2D eigenvalue weighted by molar-refractivity contribution is 0.249. The summed E-state index contributed by atoms with van der Waals surface area (Å²) in [7, 11) is -0.745. The van der Waals surface area contributed by atoms with Crippen LogP contribution in [0.3, 0.4) is 0 Å². The summed E-state index contributed by atoms with van der Waals surface area (Å²) in [6.45, 7) is 4.46. The van der Waals surface area contributed by atoms with Gasteiger partial charge in [-0.3, -0.25) is 14.7 Å². The quantitative estimate of drug-likeness (QED) is 0.267. The van der Waals surface area contributed by atoms with E-state index in [1.54, 1.807) is 11.8 Å². The number of halogens is 1. The third-order valence-corrected chi connectivity index (χ3v) is 7.45. The van der Waals surface area contributed by atoms with E-state index in [9.17, 15) is 8.42 Å². The van der Waals surface area contributed by atoms with Crippen LogP contribution in [0.1, 0.15) is 5.56 Å². The zero-order chi connectivity index (χ0) is 27.0. The van der Waals surface area contributed by atoms with E-state index in [1.807, 2.05) is 84.9 Å². The summed E-state index contributed by atoms with van der Waals surface area (Å²) in [4.78, 5) is 4.71. The van der Waals surface area contributed by atoms with Crippen molar-refractivity contribution in [3.05, 3.63) is 119 Å². The molecule has 0 unspecified atom stereocenters. The van der Waals surface area contributed by atoms with E-state index in [1.165, 1.54) is 5.56 Å². The van der Waals surface area contributed by atoms with Crippen molar-refractivity contribution < 1.29 is 13.2 Å². The number of aromatic amines is 1. The van der Waals surface area contributed by atoms with Crippen molar-refractivity contribution >= 4 is 39.3 Å². The summed E-state index contributed by atoms with van der Waals surface area (Å²) in [6, 6.07) is 36.0. The molecule has 5 aromatic rings. The van der Waals surface area contributed by atoms with Crippen molar-refractivity contribution in [2.24, 2.45) is 0 Å². The van der Waals surface area contributed by atoms with Crippen molar-refractivity contribution in [1.82, 2.24) is 14.7 Å². The second-order valence-corrected chi connectivity index (χ2v) is 10.2. The number of rotatable bonds is 5. The van der Waals surface area contributed by atoms with Crippen molar-refractivity contribution in [2.75, 3.05) is 38.2 Å². The van der Waals surface area contributed by atoms with Crippen molar-refractivity contribution in [3.63, 3.8) is 0 Å². The van der Waals surface area contributed by atoms with Gasteiger partial charge in [-0.2, -0.15) is 8.42 Å². The van der Waals surface area contributed by atoms with Gasteiger partial charge in [0.05, 0.1) is 24.0 Å². The minimum atomic E-state index is -2.40. The first kappa shape index (κ1) is 29.0. The first-order valence-corrected chi connectivity index (χ1v) is 14.0. The van der Waals surface area contributed by atoms with E-state index in [2.05, 4.69) is 39.2 Å². The van der Waals surface area contributed by atoms with Gasteiger partial charge in [-0.1, -0.05) is 84.9 Å². The molecule has 1 fully saturated rings. The van der Waals surface area contributed by atoms with E-state index in [-0.39, 0.29) is 17.0 Å². The molecule has 0 aliphatic carbocycles. The lowest BCUT2D eigenvalue weighted by Gasteiger charge is -2.36. The number of nitrogens with one attached hydrogen (secondary N) is 1. The Morgan fingerprint density at radius 3 is 1.88 bits per heavy atom. The molecule has 0 saturated carbocycles. The van der Waals surface area contributed by atoms with Crippen molar-refractivity contribution in [1.29, 1.82) is 0 Å². The number of nitrogens with zero attached hydrogens (tertiary/aromatic N) is 3. The predicted molar refractivity (Wildman–Crippen MR) is 164 cm³/mol. The standard InChI is InChI=1S/C25H26N4O3S.C6H6.ClH/c1-32-24-17-22-21(25(33(30)31)26-29(22)20-10-6-3-7-11-20)16-23(24)28-14-12-27(13-15-28)18-19-8-4-2-5-9-19;1-2-4-6-5-3-1;/h2-11,16-17,26H,12-15,18H2,1H3;1-6H;1H. The second-order valence-electron chi connectivity index (χ2n) is 9.29. The molecule has 6 rings (SSSR count). The molecule has 4 aromatic carbocycles. The second kappa shape index (κ2) is 13.9. The maximum atomic E-state index is 12.0. The normalized spacial score (nSPS) is 13.2. The zero-order valence-electron chi connectivity index (χ0n) is 22.3. The molecule has 1 aliphatic heterocycles. The van der Waals surface area contributed by atoms with Gasteiger partial charge < -0.3 is 9.64 Å². The SMILES string of the molecule is COc1cc2c(cc1N1CCN(Cc3ccccc3)CC1)c(=S(=O)=O)[nH]n2-c1ccccc1.Cl.c1ccccc1. The number of aromatic nitrogens is 2. The van der Waals surface area contributed by atoms with E-state index < -0.39 is 10.3 Å². The molecule has 40 heavy (non-hydrogen) atoms. The van der Waals surface area contributed by atoms with Crippen LogP contribution >= 0.6 is 12.4 Å². The van der Waals surface area contributed by atoms with Crippen LogP contribution in [0.15, 0.2) is 109 Å². The summed E-state index contributed by atoms with van der Waals surface area (Å²) in [5.74, 6) is 0.728. The summed E-state index contributed by atoms with van der Waals surface area (Å²) >= 11 is 0. The largest absolute Gasteiger partial charge is 0.495 e. The average molecular weight is 577 g/mol. The number of benzene rings is 4. The van der Waals surface area contributed by atoms with Gasteiger partial charge in [-0.05, 0) is 23.8 Å². The first-order chi connectivity index (χ1) is 19.1. The molecule has 9 heteroatoms. The summed E-state index contributed by atoms with van der Waals surface area (Å²) in [5.41, 5.74) is 3.83. The van der Waals surface area contributed by atoms with Crippen LogP contribution in [0, 0.1) is 4.64 Å². The highest BCUT2D eigenvalue weighted by molar-refractivity contribution is 7.64. The Balaban J connectivity index is 0.000000470. The molecule has 0 radical (unpaired) electrons. The van der Waals surface area contributed by atoms with Crippen LogP contribution in [0.2, 0.25) is 0 Å². The minimum absolute atomic E-state index is 0. The molecule has 1 saturated heterocycles. The van der Waals surface area contributed by atoms with Crippen LogP contribution < -0.4 is 9.64 Å². The molecular formula is C31H33ClN4O3S. The Morgan fingerprint density at radius 1 is 0.775 bits per heavy atom. The maximum Gasteiger partial charge on any atom is 0.240 e. The maximum absolute atomic E-state index is 12.0. The Kier molecular flexibility index (Phi) is 10.1. The molecule has 1 aliphatic rings.